The lowest BCUT2D eigenvalue weighted by molar-refractivity contribution is -0.0104. The molecular formula is C22H36N4OS. The van der Waals surface area contributed by atoms with Crippen molar-refractivity contribution in [1.29, 1.82) is 0 Å². The fourth-order valence-corrected chi connectivity index (χ4v) is 5.41. The van der Waals surface area contributed by atoms with E-state index in [1.807, 2.05) is 0 Å². The molecule has 5 nitrogen and oxygen atoms in total. The monoisotopic (exact) mass is 404 g/mol. The summed E-state index contributed by atoms with van der Waals surface area (Å²) in [5.41, 5.74) is 2.87. The van der Waals surface area contributed by atoms with Gasteiger partial charge in [-0.15, -0.1) is 0 Å². The normalized spacial score (nSPS) is 24.9. The van der Waals surface area contributed by atoms with E-state index in [4.69, 9.17) is 9.73 Å². The summed E-state index contributed by atoms with van der Waals surface area (Å²) in [6, 6.07) is 8.84. The Morgan fingerprint density at radius 2 is 2.00 bits per heavy atom. The molecule has 0 amide bonds. The minimum Gasteiger partial charge on any atom is -0.379 e. The summed E-state index contributed by atoms with van der Waals surface area (Å²) in [7, 11) is 0. The van der Waals surface area contributed by atoms with E-state index in [2.05, 4.69) is 72.3 Å². The SMILES string of the molecule is CCNC(=NCC1(N2CCOCC2)CCSC1)NCC(C)c1ccc(C)cc1. The molecule has 156 valence electrons. The molecule has 2 saturated heterocycles. The van der Waals surface area contributed by atoms with Crippen LogP contribution in [0.3, 0.4) is 0 Å². The zero-order valence-corrected chi connectivity index (χ0v) is 18.5. The average molecular weight is 405 g/mol. The molecule has 1 aromatic rings. The van der Waals surface area contributed by atoms with Crippen molar-refractivity contribution in [3.63, 3.8) is 0 Å². The minimum atomic E-state index is 0.194. The smallest absolute Gasteiger partial charge is 0.191 e. The highest BCUT2D eigenvalue weighted by Gasteiger charge is 2.40. The molecule has 0 bridgehead atoms. The number of aryl methyl sites for hydroxylation is 1. The predicted molar refractivity (Wildman–Crippen MR) is 121 cm³/mol. The Bertz CT molecular complexity index is 622. The number of guanidine groups is 1. The number of ether oxygens (including phenoxy) is 1. The van der Waals surface area contributed by atoms with Crippen molar-refractivity contribution in [3.8, 4) is 0 Å². The number of benzene rings is 1. The number of morpholine rings is 1. The number of hydrogen-bond acceptors (Lipinski definition) is 4. The summed E-state index contributed by atoms with van der Waals surface area (Å²) in [6.07, 6.45) is 1.22. The Morgan fingerprint density at radius 1 is 1.25 bits per heavy atom. The second-order valence-electron chi connectivity index (χ2n) is 8.01. The maximum Gasteiger partial charge on any atom is 0.191 e. The van der Waals surface area contributed by atoms with Gasteiger partial charge in [0, 0.05) is 31.9 Å². The zero-order chi connectivity index (χ0) is 19.8. The Hall–Kier alpha value is -1.24. The van der Waals surface area contributed by atoms with E-state index in [0.717, 1.165) is 51.9 Å². The van der Waals surface area contributed by atoms with Crippen molar-refractivity contribution in [2.45, 2.75) is 38.6 Å². The number of aliphatic imine (C=N–C) groups is 1. The minimum absolute atomic E-state index is 0.194. The molecule has 6 heteroatoms. The molecule has 2 aliphatic heterocycles. The van der Waals surface area contributed by atoms with Gasteiger partial charge in [-0.05, 0) is 37.5 Å². The molecule has 28 heavy (non-hydrogen) atoms. The highest BCUT2D eigenvalue weighted by molar-refractivity contribution is 7.99. The lowest BCUT2D eigenvalue weighted by Crippen LogP contribution is -2.56. The Kier molecular flexibility index (Phi) is 8.06. The first-order valence-electron chi connectivity index (χ1n) is 10.6. The molecule has 2 unspecified atom stereocenters. The second-order valence-corrected chi connectivity index (χ2v) is 9.12. The van der Waals surface area contributed by atoms with Crippen LogP contribution in [0.15, 0.2) is 29.3 Å². The third-order valence-corrected chi connectivity index (χ3v) is 7.10. The number of rotatable bonds is 7. The van der Waals surface area contributed by atoms with Gasteiger partial charge in [-0.2, -0.15) is 11.8 Å². The largest absolute Gasteiger partial charge is 0.379 e. The zero-order valence-electron chi connectivity index (χ0n) is 17.7. The average Bonchev–Trinajstić information content (AvgIpc) is 3.21. The van der Waals surface area contributed by atoms with Crippen LogP contribution in [0, 0.1) is 6.92 Å². The van der Waals surface area contributed by atoms with E-state index in [-0.39, 0.29) is 5.54 Å². The van der Waals surface area contributed by atoms with Crippen LogP contribution in [-0.4, -0.2) is 73.8 Å². The number of hydrogen-bond donors (Lipinski definition) is 2. The van der Waals surface area contributed by atoms with Gasteiger partial charge in [0.15, 0.2) is 5.96 Å². The first-order chi connectivity index (χ1) is 13.6. The quantitative estimate of drug-likeness (QED) is 0.541. The summed E-state index contributed by atoms with van der Waals surface area (Å²) >= 11 is 2.06. The van der Waals surface area contributed by atoms with Crippen LogP contribution in [0.2, 0.25) is 0 Å². The van der Waals surface area contributed by atoms with Crippen LogP contribution < -0.4 is 10.6 Å². The first-order valence-corrected chi connectivity index (χ1v) is 11.8. The van der Waals surface area contributed by atoms with Crippen molar-refractivity contribution in [2.24, 2.45) is 4.99 Å². The topological polar surface area (TPSA) is 48.9 Å². The van der Waals surface area contributed by atoms with Crippen molar-refractivity contribution >= 4 is 17.7 Å². The molecule has 1 aromatic carbocycles. The van der Waals surface area contributed by atoms with Crippen molar-refractivity contribution in [3.05, 3.63) is 35.4 Å². The molecule has 3 rings (SSSR count). The maximum atomic E-state index is 5.57. The van der Waals surface area contributed by atoms with Crippen molar-refractivity contribution in [1.82, 2.24) is 15.5 Å². The van der Waals surface area contributed by atoms with Crippen molar-refractivity contribution in [2.75, 3.05) is 57.4 Å². The molecule has 0 spiro atoms. The van der Waals surface area contributed by atoms with E-state index >= 15 is 0 Å². The number of thioether (sulfide) groups is 1. The molecule has 0 aromatic heterocycles. The lowest BCUT2D eigenvalue weighted by Gasteiger charge is -2.42. The van der Waals surface area contributed by atoms with Gasteiger partial charge in [-0.3, -0.25) is 9.89 Å². The van der Waals surface area contributed by atoms with Crippen molar-refractivity contribution < 1.29 is 4.74 Å². The van der Waals surface area contributed by atoms with Crippen LogP contribution in [0.5, 0.6) is 0 Å². The molecule has 0 saturated carbocycles. The molecule has 2 N–H and O–H groups in total. The highest BCUT2D eigenvalue weighted by Crippen LogP contribution is 2.34. The van der Waals surface area contributed by atoms with Gasteiger partial charge < -0.3 is 15.4 Å². The van der Waals surface area contributed by atoms with E-state index < -0.39 is 0 Å². The second kappa shape index (κ2) is 10.5. The van der Waals surface area contributed by atoms with E-state index in [1.54, 1.807) is 0 Å². The molecule has 0 radical (unpaired) electrons. The van der Waals surface area contributed by atoms with Gasteiger partial charge in [-0.25, -0.2) is 0 Å². The van der Waals surface area contributed by atoms with Crippen LogP contribution in [0.25, 0.3) is 0 Å². The Morgan fingerprint density at radius 3 is 2.64 bits per heavy atom. The Labute approximate surface area is 174 Å². The van der Waals surface area contributed by atoms with Gasteiger partial charge in [0.2, 0.25) is 0 Å². The summed E-state index contributed by atoms with van der Waals surface area (Å²) in [6.45, 7) is 12.9. The molecular weight excluding hydrogens is 368 g/mol. The van der Waals surface area contributed by atoms with Crippen LogP contribution in [0.1, 0.15) is 37.3 Å². The molecule has 2 aliphatic rings. The van der Waals surface area contributed by atoms with Gasteiger partial charge in [0.1, 0.15) is 0 Å². The van der Waals surface area contributed by atoms with Gasteiger partial charge in [-0.1, -0.05) is 36.8 Å². The summed E-state index contributed by atoms with van der Waals surface area (Å²) < 4.78 is 5.57. The van der Waals surface area contributed by atoms with E-state index in [0.29, 0.717) is 5.92 Å². The number of nitrogens with one attached hydrogen (secondary N) is 2. The standard InChI is InChI=1S/C22H36N4OS/c1-4-23-21(24-15-19(3)20-7-5-18(2)6-8-20)25-16-22(9-14-28-17-22)26-10-12-27-13-11-26/h5-8,19H,4,9-17H2,1-3H3,(H2,23,24,25). The van der Waals surface area contributed by atoms with E-state index in [9.17, 15) is 0 Å². The fourth-order valence-electron chi connectivity index (χ4n) is 3.94. The summed E-state index contributed by atoms with van der Waals surface area (Å²) in [5, 5.41) is 7.00. The third kappa shape index (κ3) is 5.65. The first kappa shape index (κ1) is 21.5. The molecule has 2 fully saturated rings. The lowest BCUT2D eigenvalue weighted by atomic mass is 9.96. The third-order valence-electron chi connectivity index (χ3n) is 5.86. The van der Waals surface area contributed by atoms with Crippen LogP contribution in [-0.2, 0) is 4.74 Å². The van der Waals surface area contributed by atoms with Gasteiger partial charge in [0.05, 0.1) is 25.3 Å². The van der Waals surface area contributed by atoms with E-state index in [1.165, 1.54) is 29.1 Å². The summed E-state index contributed by atoms with van der Waals surface area (Å²) in [4.78, 5) is 7.64. The summed E-state index contributed by atoms with van der Waals surface area (Å²) in [5.74, 6) is 3.79. The molecule has 2 heterocycles. The molecule has 0 aliphatic carbocycles. The Balaban J connectivity index is 1.61. The van der Waals surface area contributed by atoms with Gasteiger partial charge in [0.25, 0.3) is 0 Å². The maximum absolute atomic E-state index is 5.57. The highest BCUT2D eigenvalue weighted by atomic mass is 32.2. The fraction of sp³-hybridized carbons (Fsp3) is 0.682. The van der Waals surface area contributed by atoms with Crippen LogP contribution in [0.4, 0.5) is 0 Å². The predicted octanol–water partition coefficient (Wildman–Crippen LogP) is 2.86. The molecule has 2 atom stereocenters. The van der Waals surface area contributed by atoms with Crippen LogP contribution >= 0.6 is 11.8 Å². The number of nitrogens with zero attached hydrogens (tertiary/aromatic N) is 2. The van der Waals surface area contributed by atoms with Gasteiger partial charge >= 0.3 is 0 Å².